The molecule has 0 radical (unpaired) electrons. The third-order valence-corrected chi connectivity index (χ3v) is 8.06. The highest BCUT2D eigenvalue weighted by Crippen LogP contribution is 2.39. The van der Waals surface area contributed by atoms with Crippen molar-refractivity contribution in [3.8, 4) is 11.3 Å². The first kappa shape index (κ1) is 27.6. The lowest BCUT2D eigenvalue weighted by atomic mass is 9.85. The van der Waals surface area contributed by atoms with Crippen LogP contribution in [0.2, 0.25) is 0 Å². The first-order valence-corrected chi connectivity index (χ1v) is 13.0. The van der Waals surface area contributed by atoms with Crippen molar-refractivity contribution in [2.45, 2.75) is 75.1 Å². The number of carbonyl (C=O) groups excluding carboxylic acids is 1. The predicted octanol–water partition coefficient (Wildman–Crippen LogP) is 1.76. The zero-order chi connectivity index (χ0) is 27.9. The highest BCUT2D eigenvalue weighted by atomic mass is 19.2. The van der Waals surface area contributed by atoms with Gasteiger partial charge < -0.3 is 29.4 Å². The van der Waals surface area contributed by atoms with Crippen LogP contribution in [0.15, 0.2) is 23.5 Å². The molecule has 6 atom stereocenters. The standard InChI is InChI=1S/C26H33F2N5O6/c1-14-4-5-16(22(28)21(14)27)17-12-33(31-29-17)23-24(36)19(13-34)38-18(25(23)37-3)10-15-11-26(39-30-15)7-6-20(35)32(2)9-8-26/h4-5,12,18-19,23-25,34,36H,6-11,13H2,1-3H3/t18-,19-,23+,24+,25+,26-/m1/s1. The Labute approximate surface area is 224 Å². The van der Waals surface area contributed by atoms with Gasteiger partial charge in [-0.25, -0.2) is 13.5 Å². The van der Waals surface area contributed by atoms with Crippen LogP contribution in [0.5, 0.6) is 0 Å². The van der Waals surface area contributed by atoms with Gasteiger partial charge in [0.1, 0.15) is 35.6 Å². The minimum Gasteiger partial charge on any atom is -0.394 e. The summed E-state index contributed by atoms with van der Waals surface area (Å²) in [5.41, 5.74) is 0.351. The summed E-state index contributed by atoms with van der Waals surface area (Å²) in [6.07, 6.45) is 0.217. The molecule has 0 bridgehead atoms. The van der Waals surface area contributed by atoms with E-state index in [4.69, 9.17) is 14.3 Å². The van der Waals surface area contributed by atoms with E-state index in [0.29, 0.717) is 38.6 Å². The largest absolute Gasteiger partial charge is 0.394 e. The number of methoxy groups -OCH3 is 1. The van der Waals surface area contributed by atoms with Gasteiger partial charge >= 0.3 is 0 Å². The second-order valence-corrected chi connectivity index (χ2v) is 10.6. The number of carbonyl (C=O) groups is 1. The maximum atomic E-state index is 14.6. The summed E-state index contributed by atoms with van der Waals surface area (Å²) >= 11 is 0. The van der Waals surface area contributed by atoms with Crippen LogP contribution in [0.25, 0.3) is 11.3 Å². The van der Waals surface area contributed by atoms with Gasteiger partial charge in [0.25, 0.3) is 0 Å². The number of nitrogens with zero attached hydrogens (tertiary/aromatic N) is 5. The lowest BCUT2D eigenvalue weighted by Crippen LogP contribution is -2.57. The number of oxime groups is 1. The molecule has 2 saturated heterocycles. The Morgan fingerprint density at radius 1 is 1.23 bits per heavy atom. The summed E-state index contributed by atoms with van der Waals surface area (Å²) < 4.78 is 41.9. The molecule has 0 saturated carbocycles. The zero-order valence-corrected chi connectivity index (χ0v) is 22.1. The van der Waals surface area contributed by atoms with Gasteiger partial charge in [-0.05, 0) is 25.0 Å². The number of aryl methyl sites for hydroxylation is 1. The van der Waals surface area contributed by atoms with E-state index < -0.39 is 54.3 Å². The molecule has 0 aliphatic carbocycles. The molecule has 0 unspecified atom stereocenters. The van der Waals surface area contributed by atoms with E-state index >= 15 is 0 Å². The molecule has 1 aromatic heterocycles. The van der Waals surface area contributed by atoms with Crippen molar-refractivity contribution in [3.05, 3.63) is 35.5 Å². The number of hydrogen-bond donors (Lipinski definition) is 2. The summed E-state index contributed by atoms with van der Waals surface area (Å²) in [5, 5.41) is 33.5. The van der Waals surface area contributed by atoms with Crippen LogP contribution in [-0.2, 0) is 19.1 Å². The minimum absolute atomic E-state index is 0.0644. The molecule has 3 aliphatic rings. The Kier molecular flexibility index (Phi) is 7.68. The average molecular weight is 550 g/mol. The van der Waals surface area contributed by atoms with Crippen molar-refractivity contribution in [1.82, 2.24) is 19.9 Å². The highest BCUT2D eigenvalue weighted by Gasteiger charge is 2.49. The molecule has 5 rings (SSSR count). The number of likely N-dealkylation sites (tertiary alicyclic amines) is 1. The Morgan fingerprint density at radius 2 is 2.03 bits per heavy atom. The van der Waals surface area contributed by atoms with E-state index in [0.717, 1.165) is 5.71 Å². The monoisotopic (exact) mass is 549 g/mol. The zero-order valence-electron chi connectivity index (χ0n) is 22.1. The van der Waals surface area contributed by atoms with Crippen molar-refractivity contribution in [3.63, 3.8) is 0 Å². The van der Waals surface area contributed by atoms with Crippen LogP contribution < -0.4 is 0 Å². The summed E-state index contributed by atoms with van der Waals surface area (Å²) in [7, 11) is 3.24. The second-order valence-electron chi connectivity index (χ2n) is 10.6. The van der Waals surface area contributed by atoms with Gasteiger partial charge in [-0.3, -0.25) is 4.79 Å². The third kappa shape index (κ3) is 5.15. The Morgan fingerprint density at radius 3 is 2.77 bits per heavy atom. The molecular weight excluding hydrogens is 516 g/mol. The van der Waals surface area contributed by atoms with E-state index in [1.54, 1.807) is 11.9 Å². The van der Waals surface area contributed by atoms with Crippen LogP contribution in [0, 0.1) is 18.6 Å². The number of benzene rings is 1. The molecule has 2 N–H and O–H groups in total. The van der Waals surface area contributed by atoms with Crippen LogP contribution in [0.4, 0.5) is 8.78 Å². The number of rotatable bonds is 6. The van der Waals surface area contributed by atoms with Crippen LogP contribution in [0.3, 0.4) is 0 Å². The van der Waals surface area contributed by atoms with Gasteiger partial charge in [0, 0.05) is 51.9 Å². The molecular formula is C26H33F2N5O6. The first-order valence-electron chi connectivity index (χ1n) is 13.0. The van der Waals surface area contributed by atoms with Gasteiger partial charge in [0.2, 0.25) is 5.91 Å². The van der Waals surface area contributed by atoms with Crippen molar-refractivity contribution in [2.24, 2.45) is 5.16 Å². The SMILES string of the molecule is CO[C@@H]1[C@@H](n2cc(-c3ccc(C)c(F)c3F)nn2)[C@@H](O)[C@@H](CO)O[C@@H]1CC1=NO[C@@]2(CCC(=O)N(C)CC2)C1. The molecule has 2 fully saturated rings. The fourth-order valence-electron chi connectivity index (χ4n) is 5.67. The molecule has 1 amide bonds. The van der Waals surface area contributed by atoms with Crippen LogP contribution >= 0.6 is 0 Å². The van der Waals surface area contributed by atoms with Gasteiger partial charge in [-0.2, -0.15) is 0 Å². The third-order valence-electron chi connectivity index (χ3n) is 8.06. The van der Waals surface area contributed by atoms with Crippen molar-refractivity contribution >= 4 is 11.6 Å². The van der Waals surface area contributed by atoms with Crippen molar-refractivity contribution < 1.29 is 38.1 Å². The molecule has 3 aliphatic heterocycles. The molecule has 11 nitrogen and oxygen atoms in total. The summed E-state index contributed by atoms with van der Waals surface area (Å²) in [6, 6.07) is 2.01. The molecule has 4 heterocycles. The fourth-order valence-corrected chi connectivity index (χ4v) is 5.67. The number of aliphatic hydroxyl groups is 2. The minimum atomic E-state index is -1.23. The number of halogens is 2. The molecule has 39 heavy (non-hydrogen) atoms. The predicted molar refractivity (Wildman–Crippen MR) is 134 cm³/mol. The quantitative estimate of drug-likeness (QED) is 0.557. The van der Waals surface area contributed by atoms with Gasteiger partial charge in [0.15, 0.2) is 11.6 Å². The fraction of sp³-hybridized carbons (Fsp3) is 0.615. The summed E-state index contributed by atoms with van der Waals surface area (Å²) in [5.74, 6) is -1.93. The lowest BCUT2D eigenvalue weighted by Gasteiger charge is -2.43. The highest BCUT2D eigenvalue weighted by molar-refractivity contribution is 5.87. The summed E-state index contributed by atoms with van der Waals surface area (Å²) in [6.45, 7) is 1.57. The maximum absolute atomic E-state index is 14.6. The molecule has 2 aromatic rings. The van der Waals surface area contributed by atoms with Gasteiger partial charge in [0.05, 0.1) is 24.6 Å². The van der Waals surface area contributed by atoms with Crippen LogP contribution in [0.1, 0.15) is 43.7 Å². The Bertz CT molecular complexity index is 1260. The van der Waals surface area contributed by atoms with Crippen molar-refractivity contribution in [1.29, 1.82) is 0 Å². The Balaban J connectivity index is 1.37. The van der Waals surface area contributed by atoms with Gasteiger partial charge in [-0.15, -0.1) is 5.10 Å². The lowest BCUT2D eigenvalue weighted by molar-refractivity contribution is -0.210. The number of amides is 1. The Hall–Kier alpha value is -3.00. The average Bonchev–Trinajstić information content (AvgIpc) is 3.54. The van der Waals surface area contributed by atoms with Crippen molar-refractivity contribution in [2.75, 3.05) is 27.3 Å². The first-order chi connectivity index (χ1) is 18.7. The maximum Gasteiger partial charge on any atom is 0.222 e. The number of ether oxygens (including phenoxy) is 2. The topological polar surface area (TPSA) is 132 Å². The summed E-state index contributed by atoms with van der Waals surface area (Å²) in [4.78, 5) is 19.7. The molecule has 13 heteroatoms. The number of aliphatic hydroxyl groups excluding tert-OH is 2. The van der Waals surface area contributed by atoms with E-state index in [9.17, 15) is 23.8 Å². The smallest absolute Gasteiger partial charge is 0.222 e. The molecule has 1 aromatic carbocycles. The van der Waals surface area contributed by atoms with E-state index in [1.807, 2.05) is 0 Å². The number of aromatic nitrogens is 3. The van der Waals surface area contributed by atoms with E-state index in [-0.39, 0.29) is 22.7 Å². The van der Waals surface area contributed by atoms with E-state index in [2.05, 4.69) is 15.5 Å². The molecule has 1 spiro atoms. The molecule has 212 valence electrons. The van der Waals surface area contributed by atoms with Crippen LogP contribution in [-0.4, -0.2) is 99.1 Å². The van der Waals surface area contributed by atoms with E-state index in [1.165, 1.54) is 37.0 Å². The van der Waals surface area contributed by atoms with Gasteiger partial charge in [-0.1, -0.05) is 16.4 Å². The number of hydrogen-bond acceptors (Lipinski definition) is 9. The second kappa shape index (κ2) is 10.9. The normalized spacial score (nSPS) is 31.4.